The molecule has 2 aromatic rings. The van der Waals surface area contributed by atoms with Crippen LogP contribution >= 0.6 is 0 Å². The van der Waals surface area contributed by atoms with Crippen LogP contribution in [0.25, 0.3) is 0 Å². The highest BCUT2D eigenvalue weighted by molar-refractivity contribution is 6.67. The third-order valence-corrected chi connectivity index (χ3v) is 2.12. The molecule has 0 unspecified atom stereocenters. The molecule has 0 amide bonds. The van der Waals surface area contributed by atoms with Gasteiger partial charge in [0.1, 0.15) is 11.5 Å². The van der Waals surface area contributed by atoms with E-state index in [2.05, 4.69) is 0 Å². The maximum absolute atomic E-state index is 9.11. The van der Waals surface area contributed by atoms with Crippen molar-refractivity contribution in [3.63, 3.8) is 0 Å². The van der Waals surface area contributed by atoms with Crippen molar-refractivity contribution >= 4 is 18.2 Å². The van der Waals surface area contributed by atoms with Crippen LogP contribution in [-0.4, -0.2) is 17.5 Å². The van der Waals surface area contributed by atoms with Crippen molar-refractivity contribution in [1.82, 2.24) is 0 Å². The minimum absolute atomic E-state index is 0.262. The number of hydrogen-bond acceptors (Lipinski definition) is 2. The summed E-state index contributed by atoms with van der Waals surface area (Å²) in [7, 11) is 1.97. The van der Waals surface area contributed by atoms with Crippen molar-refractivity contribution < 1.29 is 10.2 Å². The smallest absolute Gasteiger partial charge is 0.191 e. The fourth-order valence-corrected chi connectivity index (χ4v) is 1.33. The van der Waals surface area contributed by atoms with Crippen LogP contribution in [0, 0.1) is 0 Å². The van der Waals surface area contributed by atoms with Crippen LogP contribution in [0.15, 0.2) is 48.5 Å². The Morgan fingerprint density at radius 2 is 0.933 bits per heavy atom. The summed E-state index contributed by atoms with van der Waals surface area (Å²) in [6.07, 6.45) is 0. The second-order valence-corrected chi connectivity index (χ2v) is 3.33. The Morgan fingerprint density at radius 3 is 1.27 bits per heavy atom. The quantitative estimate of drug-likeness (QED) is 0.697. The van der Waals surface area contributed by atoms with Crippen LogP contribution in [0.1, 0.15) is 0 Å². The number of phenolic OH excluding ortho intramolecular Hbond substituents is 2. The molecular formula is C12H10BO2. The Kier molecular flexibility index (Phi) is 2.63. The zero-order valence-corrected chi connectivity index (χ0v) is 8.09. The van der Waals surface area contributed by atoms with Crippen LogP contribution < -0.4 is 10.9 Å². The molecule has 73 valence electrons. The van der Waals surface area contributed by atoms with Gasteiger partial charge in [0.25, 0.3) is 0 Å². The molecule has 3 heteroatoms. The molecule has 0 aliphatic heterocycles. The van der Waals surface area contributed by atoms with Crippen LogP contribution in [0.2, 0.25) is 0 Å². The number of phenols is 2. The Labute approximate surface area is 89.1 Å². The van der Waals surface area contributed by atoms with Crippen molar-refractivity contribution in [3.05, 3.63) is 48.5 Å². The topological polar surface area (TPSA) is 40.5 Å². The van der Waals surface area contributed by atoms with Crippen molar-refractivity contribution in [3.8, 4) is 11.5 Å². The number of aromatic hydroxyl groups is 2. The molecule has 0 bridgehead atoms. The maximum Gasteiger partial charge on any atom is 0.191 e. The molecule has 0 spiro atoms. The normalized spacial score (nSPS) is 9.87. The SMILES string of the molecule is Oc1ccc([B]c2ccc(O)cc2)cc1. The van der Waals surface area contributed by atoms with E-state index in [-0.39, 0.29) is 11.5 Å². The second kappa shape index (κ2) is 4.09. The summed E-state index contributed by atoms with van der Waals surface area (Å²) >= 11 is 0. The average Bonchev–Trinajstić information content (AvgIpc) is 2.25. The van der Waals surface area contributed by atoms with Crippen molar-refractivity contribution in [2.75, 3.05) is 0 Å². The largest absolute Gasteiger partial charge is 0.508 e. The predicted octanol–water partition coefficient (Wildman–Crippen LogP) is 0.753. The summed E-state index contributed by atoms with van der Waals surface area (Å²) in [6.45, 7) is 0. The van der Waals surface area contributed by atoms with Crippen molar-refractivity contribution in [2.45, 2.75) is 0 Å². The van der Waals surface area contributed by atoms with Gasteiger partial charge in [-0.15, -0.1) is 0 Å². The number of benzene rings is 2. The first-order valence-electron chi connectivity index (χ1n) is 4.67. The van der Waals surface area contributed by atoms with E-state index in [0.717, 1.165) is 10.9 Å². The summed E-state index contributed by atoms with van der Waals surface area (Å²) in [6, 6.07) is 13.9. The van der Waals surface area contributed by atoms with E-state index in [0.29, 0.717) is 0 Å². The minimum Gasteiger partial charge on any atom is -0.508 e. The van der Waals surface area contributed by atoms with Gasteiger partial charge in [-0.2, -0.15) is 0 Å². The van der Waals surface area contributed by atoms with Gasteiger partial charge in [0.05, 0.1) is 0 Å². The van der Waals surface area contributed by atoms with Crippen LogP contribution in [-0.2, 0) is 0 Å². The molecule has 0 heterocycles. The second-order valence-electron chi connectivity index (χ2n) is 3.33. The summed E-state index contributed by atoms with van der Waals surface area (Å²) < 4.78 is 0. The third-order valence-electron chi connectivity index (χ3n) is 2.12. The van der Waals surface area contributed by atoms with Gasteiger partial charge < -0.3 is 10.2 Å². The third kappa shape index (κ3) is 2.53. The Bertz CT molecular complexity index is 391. The molecular weight excluding hydrogens is 187 g/mol. The van der Waals surface area contributed by atoms with Crippen LogP contribution in [0.4, 0.5) is 0 Å². The van der Waals surface area contributed by atoms with Crippen LogP contribution in [0.5, 0.6) is 11.5 Å². The highest BCUT2D eigenvalue weighted by Gasteiger charge is 1.98. The summed E-state index contributed by atoms with van der Waals surface area (Å²) in [5.41, 5.74) is 2.02. The van der Waals surface area contributed by atoms with Gasteiger partial charge in [0.15, 0.2) is 7.28 Å². The molecule has 2 aromatic carbocycles. The molecule has 0 saturated carbocycles. The van der Waals surface area contributed by atoms with Crippen molar-refractivity contribution in [2.24, 2.45) is 0 Å². The van der Waals surface area contributed by atoms with Gasteiger partial charge in [0, 0.05) is 0 Å². The Balaban J connectivity index is 2.15. The first-order valence-corrected chi connectivity index (χ1v) is 4.67. The van der Waals surface area contributed by atoms with Crippen molar-refractivity contribution in [1.29, 1.82) is 0 Å². The molecule has 0 aliphatic rings. The van der Waals surface area contributed by atoms with Gasteiger partial charge in [0.2, 0.25) is 0 Å². The van der Waals surface area contributed by atoms with Gasteiger partial charge in [-0.25, -0.2) is 0 Å². The summed E-state index contributed by atoms with van der Waals surface area (Å²) in [5.74, 6) is 0.524. The van der Waals surface area contributed by atoms with Crippen LogP contribution in [0.3, 0.4) is 0 Å². The lowest BCUT2D eigenvalue weighted by Gasteiger charge is -2.00. The molecule has 0 aliphatic carbocycles. The molecule has 0 aromatic heterocycles. The monoisotopic (exact) mass is 197 g/mol. The zero-order valence-electron chi connectivity index (χ0n) is 8.09. The van der Waals surface area contributed by atoms with E-state index >= 15 is 0 Å². The van der Waals surface area contributed by atoms with Gasteiger partial charge in [-0.05, 0) is 24.3 Å². The fraction of sp³-hybridized carbons (Fsp3) is 0. The molecule has 0 fully saturated rings. The lowest BCUT2D eigenvalue weighted by molar-refractivity contribution is 0.475. The molecule has 2 nitrogen and oxygen atoms in total. The van der Waals surface area contributed by atoms with Gasteiger partial charge in [-0.3, -0.25) is 0 Å². The number of rotatable bonds is 2. The zero-order chi connectivity index (χ0) is 10.7. The fourth-order valence-electron chi connectivity index (χ4n) is 1.33. The van der Waals surface area contributed by atoms with E-state index in [1.54, 1.807) is 24.3 Å². The molecule has 2 rings (SSSR count). The minimum atomic E-state index is 0.262. The van der Waals surface area contributed by atoms with Gasteiger partial charge in [-0.1, -0.05) is 35.2 Å². The first-order chi connectivity index (χ1) is 7.24. The number of hydrogen-bond donors (Lipinski definition) is 2. The van der Waals surface area contributed by atoms with E-state index in [9.17, 15) is 0 Å². The maximum atomic E-state index is 9.11. The van der Waals surface area contributed by atoms with Gasteiger partial charge >= 0.3 is 0 Å². The van der Waals surface area contributed by atoms with E-state index in [4.69, 9.17) is 10.2 Å². The highest BCUT2D eigenvalue weighted by atomic mass is 16.3. The predicted molar refractivity (Wildman–Crippen MR) is 61.2 cm³/mol. The lowest BCUT2D eigenvalue weighted by atomic mass is 9.64. The Morgan fingerprint density at radius 1 is 0.600 bits per heavy atom. The van der Waals surface area contributed by atoms with E-state index < -0.39 is 0 Å². The molecule has 15 heavy (non-hydrogen) atoms. The van der Waals surface area contributed by atoms with E-state index in [1.165, 1.54) is 0 Å². The molecule has 0 atom stereocenters. The summed E-state index contributed by atoms with van der Waals surface area (Å²) in [4.78, 5) is 0. The molecule has 1 radical (unpaired) electrons. The standard InChI is InChI=1S/C12H10BO2/c14-11-5-1-9(2-6-11)13-10-3-7-12(15)8-4-10/h1-8,14-15H. The first kappa shape index (κ1) is 9.65. The average molecular weight is 197 g/mol. The molecule has 2 N–H and O–H groups in total. The van der Waals surface area contributed by atoms with E-state index in [1.807, 2.05) is 31.5 Å². The summed E-state index contributed by atoms with van der Waals surface area (Å²) in [5, 5.41) is 18.2. The molecule has 0 saturated heterocycles. The highest BCUT2D eigenvalue weighted by Crippen LogP contribution is 2.04. The lowest BCUT2D eigenvalue weighted by Crippen LogP contribution is -2.26. The Hall–Kier alpha value is -1.90.